The van der Waals surface area contributed by atoms with Gasteiger partial charge in [0.15, 0.2) is 11.6 Å². The zero-order valence-electron chi connectivity index (χ0n) is 34.0. The van der Waals surface area contributed by atoms with Gasteiger partial charge in [-0.05, 0) is 84.9 Å². The maximum atomic E-state index is 15.9. The zero-order valence-corrected chi connectivity index (χ0v) is 34.0. The number of nitriles is 2. The third-order valence-corrected chi connectivity index (χ3v) is 12.2. The molecule has 0 aliphatic heterocycles. The molecule has 0 saturated carbocycles. The number of alkyl halides is 3. The molecule has 8 nitrogen and oxygen atoms in total. The molecule has 11 heteroatoms. The topological polar surface area (TPSA) is 101 Å². The fourth-order valence-corrected chi connectivity index (χ4v) is 9.40. The largest absolute Gasteiger partial charge is 0.418 e. The molecule has 306 valence electrons. The molecule has 4 heterocycles. The Morgan fingerprint density at radius 3 is 1.63 bits per heavy atom. The van der Waals surface area contributed by atoms with Gasteiger partial charge in [-0.3, -0.25) is 4.57 Å². The number of aromatic nitrogens is 6. The first-order valence-corrected chi connectivity index (χ1v) is 20.7. The second-order valence-corrected chi connectivity index (χ2v) is 15.8. The lowest BCUT2D eigenvalue weighted by Gasteiger charge is -2.18. The van der Waals surface area contributed by atoms with Crippen LogP contribution in [0.3, 0.4) is 0 Å². The summed E-state index contributed by atoms with van der Waals surface area (Å²) in [6, 6.07) is 57.8. The van der Waals surface area contributed by atoms with E-state index in [2.05, 4.69) is 22.8 Å². The predicted octanol–water partition coefficient (Wildman–Crippen LogP) is 13.3. The highest BCUT2D eigenvalue weighted by Gasteiger charge is 2.36. The Kier molecular flexibility index (Phi) is 8.26. The molecule has 0 aliphatic rings. The average molecular weight is 847 g/mol. The van der Waals surface area contributed by atoms with Gasteiger partial charge in [-0.15, -0.1) is 0 Å². The average Bonchev–Trinajstić information content (AvgIpc) is 3.99. The Morgan fingerprint density at radius 2 is 0.985 bits per heavy atom. The van der Waals surface area contributed by atoms with Crippen LogP contribution in [0, 0.1) is 22.7 Å². The Labute approximate surface area is 367 Å². The summed E-state index contributed by atoms with van der Waals surface area (Å²) in [6.07, 6.45) is -4.81. The summed E-state index contributed by atoms with van der Waals surface area (Å²) in [6.45, 7) is 0. The molecule has 0 atom stereocenters. The van der Waals surface area contributed by atoms with Gasteiger partial charge in [0.1, 0.15) is 0 Å². The fourth-order valence-electron chi connectivity index (χ4n) is 9.40. The van der Waals surface area contributed by atoms with Gasteiger partial charge in [-0.1, -0.05) is 91.0 Å². The zero-order chi connectivity index (χ0) is 44.0. The van der Waals surface area contributed by atoms with E-state index in [9.17, 15) is 10.5 Å². The van der Waals surface area contributed by atoms with Crippen LogP contribution in [-0.4, -0.2) is 28.7 Å². The van der Waals surface area contributed by atoms with Gasteiger partial charge >= 0.3 is 6.18 Å². The number of benzene rings is 8. The standard InChI is InChI=1S/C54H29F3N8/c55-54(56,57)42-29-35(52-60-51(34-11-3-1-4-12-34)61-53(62-52)65-45-23-19-32(30-58)27-40(45)41-28-33(31-59)20-24-46(41)65)21-25-47(42)64-43-17-9-7-15-37(43)38-22-26-48-49(50(38)64)39-16-8-10-18-44(39)63(48)36-13-5-2-6-14-36/h1-29H. The van der Waals surface area contributed by atoms with E-state index in [1.165, 1.54) is 6.07 Å². The monoisotopic (exact) mass is 846 g/mol. The third kappa shape index (κ3) is 5.80. The van der Waals surface area contributed by atoms with Gasteiger partial charge in [0.05, 0.1) is 67.6 Å². The molecule has 0 bridgehead atoms. The van der Waals surface area contributed by atoms with Gasteiger partial charge < -0.3 is 9.13 Å². The summed E-state index contributed by atoms with van der Waals surface area (Å²) in [5.74, 6) is 0.430. The predicted molar refractivity (Wildman–Crippen MR) is 248 cm³/mol. The number of hydrogen-bond acceptors (Lipinski definition) is 5. The van der Waals surface area contributed by atoms with Crippen molar-refractivity contribution in [2.75, 3.05) is 0 Å². The van der Waals surface area contributed by atoms with Crippen molar-refractivity contribution in [3.05, 3.63) is 193 Å². The molecule has 0 saturated heterocycles. The minimum atomic E-state index is -4.81. The molecule has 0 fully saturated rings. The number of hydrogen-bond donors (Lipinski definition) is 0. The summed E-state index contributed by atoms with van der Waals surface area (Å²) in [7, 11) is 0. The summed E-state index contributed by atoms with van der Waals surface area (Å²) in [5.41, 5.74) is 6.01. The lowest BCUT2D eigenvalue weighted by Crippen LogP contribution is -2.12. The lowest BCUT2D eigenvalue weighted by molar-refractivity contribution is -0.137. The highest BCUT2D eigenvalue weighted by molar-refractivity contribution is 6.26. The van der Waals surface area contributed by atoms with E-state index in [0.717, 1.165) is 44.3 Å². The molecular weight excluding hydrogens is 818 g/mol. The van der Waals surface area contributed by atoms with Crippen molar-refractivity contribution in [3.8, 4) is 52.2 Å². The van der Waals surface area contributed by atoms with Gasteiger partial charge in [0, 0.05) is 49.1 Å². The summed E-state index contributed by atoms with van der Waals surface area (Å²) >= 11 is 0. The lowest BCUT2D eigenvalue weighted by atomic mass is 10.1. The molecule has 0 radical (unpaired) electrons. The van der Waals surface area contributed by atoms with E-state index in [1.54, 1.807) is 51.6 Å². The highest BCUT2D eigenvalue weighted by Crippen LogP contribution is 2.45. The maximum Gasteiger partial charge on any atom is 0.418 e. The van der Waals surface area contributed by atoms with E-state index in [4.69, 9.17) is 15.0 Å². The van der Waals surface area contributed by atoms with Crippen molar-refractivity contribution >= 4 is 65.4 Å². The van der Waals surface area contributed by atoms with Crippen LogP contribution in [0.2, 0.25) is 0 Å². The second-order valence-electron chi connectivity index (χ2n) is 15.8. The number of fused-ring (bicyclic) bond motifs is 10. The number of para-hydroxylation sites is 3. The van der Waals surface area contributed by atoms with Crippen LogP contribution >= 0.6 is 0 Å². The van der Waals surface area contributed by atoms with Gasteiger partial charge in [0.2, 0.25) is 5.95 Å². The highest BCUT2D eigenvalue weighted by atomic mass is 19.4. The van der Waals surface area contributed by atoms with Crippen molar-refractivity contribution in [3.63, 3.8) is 0 Å². The number of rotatable bonds is 5. The first kappa shape index (κ1) is 37.7. The molecule has 12 aromatic rings. The van der Waals surface area contributed by atoms with E-state index < -0.39 is 11.7 Å². The quantitative estimate of drug-likeness (QED) is 0.172. The Hall–Kier alpha value is -9.06. The minimum Gasteiger partial charge on any atom is -0.309 e. The van der Waals surface area contributed by atoms with Crippen LogP contribution in [0.1, 0.15) is 16.7 Å². The molecule has 4 aromatic heterocycles. The Morgan fingerprint density at radius 1 is 0.431 bits per heavy atom. The van der Waals surface area contributed by atoms with E-state index in [1.807, 2.05) is 115 Å². The van der Waals surface area contributed by atoms with Crippen molar-refractivity contribution in [2.24, 2.45) is 0 Å². The molecule has 0 spiro atoms. The van der Waals surface area contributed by atoms with Gasteiger partial charge in [-0.25, -0.2) is 4.98 Å². The third-order valence-electron chi connectivity index (χ3n) is 12.2. The summed E-state index contributed by atoms with van der Waals surface area (Å²) < 4.78 is 53.5. The fraction of sp³-hybridized carbons (Fsp3) is 0.0185. The van der Waals surface area contributed by atoms with Crippen molar-refractivity contribution in [2.45, 2.75) is 6.18 Å². The van der Waals surface area contributed by atoms with Crippen molar-refractivity contribution in [1.29, 1.82) is 10.5 Å². The van der Waals surface area contributed by atoms with E-state index in [0.29, 0.717) is 49.5 Å². The Bertz CT molecular complexity index is 3950. The number of halogens is 3. The molecule has 65 heavy (non-hydrogen) atoms. The van der Waals surface area contributed by atoms with Crippen LogP contribution in [-0.2, 0) is 6.18 Å². The minimum absolute atomic E-state index is 0.0266. The Balaban J connectivity index is 1.13. The molecule has 8 aromatic carbocycles. The van der Waals surface area contributed by atoms with Crippen LogP contribution in [0.5, 0.6) is 0 Å². The van der Waals surface area contributed by atoms with Crippen molar-refractivity contribution < 1.29 is 13.2 Å². The van der Waals surface area contributed by atoms with Crippen LogP contribution in [0.25, 0.3) is 106 Å². The SMILES string of the molecule is N#Cc1ccc2c(c1)c1cc(C#N)ccc1n2-c1nc(-c2ccccc2)nc(-c2ccc(-n3c4ccccc4c4ccc5c(c6ccccc6n5-c5ccccc5)c43)c(C(F)(F)F)c2)n1. The number of nitrogens with zero attached hydrogens (tertiary/aromatic N) is 8. The van der Waals surface area contributed by atoms with Crippen LogP contribution in [0.15, 0.2) is 176 Å². The molecule has 12 rings (SSSR count). The van der Waals surface area contributed by atoms with E-state index in [-0.39, 0.29) is 28.8 Å². The normalized spacial score (nSPS) is 11.9. The van der Waals surface area contributed by atoms with Crippen molar-refractivity contribution in [1.82, 2.24) is 28.7 Å². The molecule has 0 unspecified atom stereocenters. The molecular formula is C54H29F3N8. The summed E-state index contributed by atoms with van der Waals surface area (Å²) in [5, 5.41) is 24.4. The molecule has 0 amide bonds. The van der Waals surface area contributed by atoms with E-state index >= 15 is 13.2 Å². The maximum absolute atomic E-state index is 15.9. The second kappa shape index (κ2) is 14.2. The van der Waals surface area contributed by atoms with Gasteiger partial charge in [-0.2, -0.15) is 33.7 Å². The molecule has 0 aliphatic carbocycles. The van der Waals surface area contributed by atoms with Gasteiger partial charge in [0.25, 0.3) is 0 Å². The van der Waals surface area contributed by atoms with Crippen LogP contribution in [0.4, 0.5) is 13.2 Å². The molecule has 0 N–H and O–H groups in total. The summed E-state index contributed by atoms with van der Waals surface area (Å²) in [4.78, 5) is 14.6. The van der Waals surface area contributed by atoms with Crippen LogP contribution < -0.4 is 0 Å². The first-order chi connectivity index (χ1) is 31.8. The smallest absolute Gasteiger partial charge is 0.309 e. The first-order valence-electron chi connectivity index (χ1n) is 20.7.